The highest BCUT2D eigenvalue weighted by molar-refractivity contribution is 5.86. The minimum Gasteiger partial charge on any atom is -0.466 e. The number of pyridine rings is 1. The summed E-state index contributed by atoms with van der Waals surface area (Å²) in [5.41, 5.74) is -5.22. The van der Waals surface area contributed by atoms with E-state index in [1.807, 2.05) is 0 Å². The molecule has 0 aliphatic rings. The first-order chi connectivity index (χ1) is 18.0. The second-order valence-corrected chi connectivity index (χ2v) is 7.97. The molecular formula is C22H17F9N6O2. The van der Waals surface area contributed by atoms with Crippen LogP contribution < -0.4 is 4.90 Å². The SMILES string of the molecule is COC(=O)/C=C/c1ncc(C(F)(F)F)cc1CN(Cc1cc(C(F)(F)F)cc(C(F)(F)F)c1)c1nnn(C)n1. The van der Waals surface area contributed by atoms with E-state index in [9.17, 15) is 44.3 Å². The number of ether oxygens (including phenoxy) is 1. The molecule has 2 aromatic heterocycles. The lowest BCUT2D eigenvalue weighted by Gasteiger charge is -2.23. The minimum atomic E-state index is -5.12. The van der Waals surface area contributed by atoms with Gasteiger partial charge in [0.15, 0.2) is 0 Å². The van der Waals surface area contributed by atoms with E-state index in [1.54, 1.807) is 0 Å². The molecule has 0 atom stereocenters. The Morgan fingerprint density at radius 1 is 0.923 bits per heavy atom. The number of anilines is 1. The first kappa shape index (κ1) is 29.4. The monoisotopic (exact) mass is 568 g/mol. The molecule has 0 aliphatic heterocycles. The molecule has 1 aromatic carbocycles. The number of esters is 1. The predicted octanol–water partition coefficient (Wildman–Crippen LogP) is 5.05. The lowest BCUT2D eigenvalue weighted by atomic mass is 10.0. The zero-order valence-electron chi connectivity index (χ0n) is 19.9. The summed E-state index contributed by atoms with van der Waals surface area (Å²) in [6, 6.07) is 1.56. The van der Waals surface area contributed by atoms with E-state index in [0.717, 1.165) is 29.0 Å². The molecule has 39 heavy (non-hydrogen) atoms. The zero-order valence-corrected chi connectivity index (χ0v) is 19.9. The molecule has 0 aliphatic carbocycles. The maximum atomic E-state index is 13.4. The fraction of sp³-hybridized carbons (Fsp3) is 0.318. The number of hydrogen-bond donors (Lipinski definition) is 0. The molecular weight excluding hydrogens is 551 g/mol. The Bertz CT molecular complexity index is 1330. The van der Waals surface area contributed by atoms with Crippen LogP contribution in [-0.2, 0) is 48.2 Å². The molecule has 0 saturated heterocycles. The number of aromatic nitrogens is 5. The van der Waals surface area contributed by atoms with Crippen LogP contribution in [0.5, 0.6) is 0 Å². The lowest BCUT2D eigenvalue weighted by Crippen LogP contribution is -2.25. The third kappa shape index (κ3) is 7.67. The van der Waals surface area contributed by atoms with Crippen molar-refractivity contribution < 1.29 is 49.0 Å². The van der Waals surface area contributed by atoms with Crippen LogP contribution in [0.3, 0.4) is 0 Å². The van der Waals surface area contributed by atoms with Crippen molar-refractivity contribution in [1.29, 1.82) is 0 Å². The van der Waals surface area contributed by atoms with Crippen molar-refractivity contribution in [1.82, 2.24) is 25.2 Å². The Balaban J connectivity index is 2.13. The summed E-state index contributed by atoms with van der Waals surface area (Å²) < 4.78 is 125. The predicted molar refractivity (Wildman–Crippen MR) is 115 cm³/mol. The van der Waals surface area contributed by atoms with Crippen molar-refractivity contribution in [3.63, 3.8) is 0 Å². The van der Waals surface area contributed by atoms with Crippen molar-refractivity contribution in [2.45, 2.75) is 31.6 Å². The van der Waals surface area contributed by atoms with Crippen LogP contribution in [0.4, 0.5) is 45.5 Å². The molecule has 0 radical (unpaired) electrons. The van der Waals surface area contributed by atoms with E-state index in [1.165, 1.54) is 7.05 Å². The molecule has 0 spiro atoms. The lowest BCUT2D eigenvalue weighted by molar-refractivity contribution is -0.143. The van der Waals surface area contributed by atoms with Crippen LogP contribution in [0.2, 0.25) is 0 Å². The van der Waals surface area contributed by atoms with Crippen molar-refractivity contribution in [3.05, 3.63) is 70.0 Å². The molecule has 3 aromatic rings. The average Bonchev–Trinajstić information content (AvgIpc) is 3.26. The number of hydrogen-bond acceptors (Lipinski definition) is 7. The van der Waals surface area contributed by atoms with Crippen molar-refractivity contribution in [3.8, 4) is 0 Å². The van der Waals surface area contributed by atoms with Crippen LogP contribution in [0, 0.1) is 0 Å². The number of halogens is 9. The normalized spacial score (nSPS) is 12.7. The van der Waals surface area contributed by atoms with Gasteiger partial charge in [0.2, 0.25) is 0 Å². The third-order valence-corrected chi connectivity index (χ3v) is 5.07. The van der Waals surface area contributed by atoms with E-state index in [2.05, 4.69) is 25.1 Å². The fourth-order valence-electron chi connectivity index (χ4n) is 3.30. The third-order valence-electron chi connectivity index (χ3n) is 5.07. The summed E-state index contributed by atoms with van der Waals surface area (Å²) in [7, 11) is 2.37. The van der Waals surface area contributed by atoms with Gasteiger partial charge in [-0.05, 0) is 46.7 Å². The van der Waals surface area contributed by atoms with E-state index < -0.39 is 59.8 Å². The summed E-state index contributed by atoms with van der Waals surface area (Å²) in [6.45, 7) is -1.28. The fourth-order valence-corrected chi connectivity index (χ4v) is 3.30. The first-order valence-electron chi connectivity index (χ1n) is 10.6. The molecule has 0 unspecified atom stereocenters. The highest BCUT2D eigenvalue weighted by Gasteiger charge is 2.37. The van der Waals surface area contributed by atoms with Gasteiger partial charge in [0.25, 0.3) is 5.95 Å². The van der Waals surface area contributed by atoms with Crippen LogP contribution in [-0.4, -0.2) is 38.3 Å². The number of aryl methyl sites for hydroxylation is 1. The number of nitrogens with zero attached hydrogens (tertiary/aromatic N) is 6. The standard InChI is InChI=1S/C22H17F9N6O2/c1-36-34-19(33-35-36)37(10-12-5-14(20(23,24)25)8-15(6-12)21(26,27)28)11-13-7-16(22(29,30)31)9-32-17(13)3-4-18(38)39-2/h3-9H,10-11H2,1-2H3/b4-3+. The molecule has 0 amide bonds. The van der Waals surface area contributed by atoms with Gasteiger partial charge in [-0.2, -0.15) is 44.3 Å². The Labute approximate surface area is 213 Å². The van der Waals surface area contributed by atoms with Gasteiger partial charge in [-0.25, -0.2) is 4.79 Å². The molecule has 17 heteroatoms. The Kier molecular flexibility index (Phi) is 8.21. The maximum absolute atomic E-state index is 13.4. The van der Waals surface area contributed by atoms with Gasteiger partial charge >= 0.3 is 24.5 Å². The van der Waals surface area contributed by atoms with Crippen LogP contribution in [0.15, 0.2) is 36.5 Å². The van der Waals surface area contributed by atoms with Gasteiger partial charge in [-0.15, -0.1) is 5.10 Å². The molecule has 0 bridgehead atoms. The van der Waals surface area contributed by atoms with E-state index >= 15 is 0 Å². The molecule has 3 rings (SSSR count). The number of rotatable bonds is 7. The number of carbonyl (C=O) groups is 1. The Morgan fingerprint density at radius 2 is 1.51 bits per heavy atom. The van der Waals surface area contributed by atoms with Gasteiger partial charge in [0, 0.05) is 25.4 Å². The van der Waals surface area contributed by atoms with Crippen LogP contribution >= 0.6 is 0 Å². The second kappa shape index (κ2) is 10.9. The maximum Gasteiger partial charge on any atom is 0.417 e. The number of methoxy groups -OCH3 is 1. The van der Waals surface area contributed by atoms with Crippen LogP contribution in [0.25, 0.3) is 6.08 Å². The molecule has 0 N–H and O–H groups in total. The zero-order chi connectivity index (χ0) is 29.2. The van der Waals surface area contributed by atoms with Crippen molar-refractivity contribution in [2.24, 2.45) is 7.05 Å². The highest BCUT2D eigenvalue weighted by Crippen LogP contribution is 2.37. The number of tetrazole rings is 1. The van der Waals surface area contributed by atoms with E-state index in [0.29, 0.717) is 24.4 Å². The van der Waals surface area contributed by atoms with Crippen molar-refractivity contribution in [2.75, 3.05) is 12.0 Å². The van der Waals surface area contributed by atoms with Crippen molar-refractivity contribution >= 4 is 18.0 Å². The topological polar surface area (TPSA) is 86.0 Å². The summed E-state index contributed by atoms with van der Waals surface area (Å²) in [6.07, 6.45) is -12.7. The van der Waals surface area contributed by atoms with Crippen LogP contribution in [0.1, 0.15) is 33.5 Å². The summed E-state index contributed by atoms with van der Waals surface area (Å²) in [5, 5.41) is 11.1. The van der Waals surface area contributed by atoms with Gasteiger partial charge in [0.05, 0.1) is 36.5 Å². The Morgan fingerprint density at radius 3 is 2.00 bits per heavy atom. The summed E-state index contributed by atoms with van der Waals surface area (Å²) in [5.74, 6) is -1.18. The van der Waals surface area contributed by atoms with Gasteiger partial charge < -0.3 is 9.64 Å². The average molecular weight is 568 g/mol. The van der Waals surface area contributed by atoms with Gasteiger partial charge in [0.1, 0.15) is 0 Å². The second-order valence-electron chi connectivity index (χ2n) is 7.97. The van der Waals surface area contributed by atoms with E-state index in [-0.39, 0.29) is 23.3 Å². The van der Waals surface area contributed by atoms with E-state index in [4.69, 9.17) is 0 Å². The molecule has 8 nitrogen and oxygen atoms in total. The minimum absolute atomic E-state index is 0.0547. The largest absolute Gasteiger partial charge is 0.466 e. The number of carbonyl (C=O) groups excluding carboxylic acids is 1. The van der Waals surface area contributed by atoms with Gasteiger partial charge in [-0.3, -0.25) is 4.98 Å². The smallest absolute Gasteiger partial charge is 0.417 e. The molecule has 210 valence electrons. The number of alkyl halides is 9. The number of benzene rings is 1. The quantitative estimate of drug-likeness (QED) is 0.224. The van der Waals surface area contributed by atoms with Gasteiger partial charge in [-0.1, -0.05) is 5.10 Å². The molecule has 0 saturated carbocycles. The Hall–Kier alpha value is -4.18. The summed E-state index contributed by atoms with van der Waals surface area (Å²) in [4.78, 5) is 17.1. The molecule has 0 fully saturated rings. The highest BCUT2D eigenvalue weighted by atomic mass is 19.4. The molecule has 2 heterocycles. The first-order valence-corrected chi connectivity index (χ1v) is 10.6. The summed E-state index contributed by atoms with van der Waals surface area (Å²) >= 11 is 0.